The Hall–Kier alpha value is -2.64. The SMILES string of the molecule is C[C@@H](CC(=O)Cc1ccc(N2CCC[C@@H]2CF)cc1)c1ccc(OCC(F)(F)F)cn1. The van der Waals surface area contributed by atoms with Crippen molar-refractivity contribution >= 4 is 11.5 Å². The fourth-order valence-electron chi connectivity index (χ4n) is 3.82. The zero-order valence-corrected chi connectivity index (χ0v) is 17.4. The average molecular weight is 438 g/mol. The van der Waals surface area contributed by atoms with Gasteiger partial charge in [0.1, 0.15) is 18.2 Å². The molecular weight excluding hydrogens is 412 g/mol. The Morgan fingerprint density at radius 2 is 1.97 bits per heavy atom. The van der Waals surface area contributed by atoms with E-state index in [-0.39, 0.29) is 43.0 Å². The molecule has 0 spiro atoms. The molecule has 0 amide bonds. The summed E-state index contributed by atoms with van der Waals surface area (Å²) in [6.07, 6.45) is -0.768. The summed E-state index contributed by atoms with van der Waals surface area (Å²) in [6.45, 7) is 0.968. The molecule has 1 aliphatic rings. The van der Waals surface area contributed by atoms with Gasteiger partial charge in [-0.2, -0.15) is 13.2 Å². The van der Waals surface area contributed by atoms with Gasteiger partial charge in [0, 0.05) is 36.7 Å². The predicted molar refractivity (Wildman–Crippen MR) is 110 cm³/mol. The second-order valence-corrected chi connectivity index (χ2v) is 7.95. The van der Waals surface area contributed by atoms with Gasteiger partial charge in [0.15, 0.2) is 6.61 Å². The summed E-state index contributed by atoms with van der Waals surface area (Å²) in [5.74, 6) is -0.0895. The van der Waals surface area contributed by atoms with Crippen molar-refractivity contribution in [2.24, 2.45) is 0 Å². The summed E-state index contributed by atoms with van der Waals surface area (Å²) in [6, 6.07) is 10.6. The minimum atomic E-state index is -4.40. The Bertz CT molecular complexity index is 853. The van der Waals surface area contributed by atoms with Gasteiger partial charge in [-0.25, -0.2) is 4.39 Å². The van der Waals surface area contributed by atoms with Crippen LogP contribution in [-0.4, -0.2) is 42.8 Å². The molecule has 31 heavy (non-hydrogen) atoms. The summed E-state index contributed by atoms with van der Waals surface area (Å²) in [5, 5.41) is 0. The second-order valence-electron chi connectivity index (χ2n) is 7.95. The lowest BCUT2D eigenvalue weighted by Gasteiger charge is -2.24. The number of anilines is 1. The highest BCUT2D eigenvalue weighted by atomic mass is 19.4. The Kier molecular flexibility index (Phi) is 7.51. The number of carbonyl (C=O) groups excluding carboxylic acids is 1. The van der Waals surface area contributed by atoms with E-state index in [0.29, 0.717) is 5.69 Å². The summed E-state index contributed by atoms with van der Waals surface area (Å²) < 4.78 is 54.4. The Labute approximate surface area is 179 Å². The smallest absolute Gasteiger partial charge is 0.422 e. The topological polar surface area (TPSA) is 42.4 Å². The number of rotatable bonds is 9. The number of benzene rings is 1. The molecule has 2 atom stereocenters. The third kappa shape index (κ3) is 6.67. The van der Waals surface area contributed by atoms with Gasteiger partial charge in [-0.15, -0.1) is 0 Å². The lowest BCUT2D eigenvalue weighted by Crippen LogP contribution is -2.30. The van der Waals surface area contributed by atoms with Crippen molar-refractivity contribution in [3.8, 4) is 5.75 Å². The molecule has 1 saturated heterocycles. The fraction of sp³-hybridized carbons (Fsp3) is 0.478. The van der Waals surface area contributed by atoms with Crippen LogP contribution in [0.4, 0.5) is 23.2 Å². The molecule has 1 aromatic carbocycles. The molecule has 1 aromatic heterocycles. The van der Waals surface area contributed by atoms with Crippen LogP contribution in [0.1, 0.15) is 43.4 Å². The van der Waals surface area contributed by atoms with Crippen molar-refractivity contribution in [2.75, 3.05) is 24.7 Å². The third-order valence-electron chi connectivity index (χ3n) is 5.43. The van der Waals surface area contributed by atoms with Crippen molar-refractivity contribution in [3.63, 3.8) is 0 Å². The van der Waals surface area contributed by atoms with E-state index in [4.69, 9.17) is 0 Å². The number of carbonyl (C=O) groups is 1. The van der Waals surface area contributed by atoms with E-state index in [1.165, 1.54) is 12.3 Å². The molecule has 0 N–H and O–H groups in total. The standard InChI is InChI=1S/C23H26F4N2O2/c1-16(22-9-8-21(14-28-22)31-15-23(25,26)27)11-20(30)12-17-4-6-18(7-5-17)29-10-2-3-19(29)13-24/h4-9,14,16,19H,2-3,10-13,15H2,1H3/t16-,19+/m0/s1. The van der Waals surface area contributed by atoms with Crippen molar-refractivity contribution in [3.05, 3.63) is 53.9 Å². The normalized spacial score (nSPS) is 17.6. The van der Waals surface area contributed by atoms with Crippen molar-refractivity contribution < 1.29 is 27.1 Å². The minimum Gasteiger partial charge on any atom is -0.483 e. The van der Waals surface area contributed by atoms with E-state index >= 15 is 0 Å². The van der Waals surface area contributed by atoms with Crippen molar-refractivity contribution in [1.29, 1.82) is 0 Å². The summed E-state index contributed by atoms with van der Waals surface area (Å²) in [7, 11) is 0. The lowest BCUT2D eigenvalue weighted by atomic mass is 9.96. The van der Waals surface area contributed by atoms with Crippen LogP contribution in [0.15, 0.2) is 42.6 Å². The fourth-order valence-corrected chi connectivity index (χ4v) is 3.82. The summed E-state index contributed by atoms with van der Waals surface area (Å²) in [4.78, 5) is 18.7. The van der Waals surface area contributed by atoms with Gasteiger partial charge in [-0.3, -0.25) is 9.78 Å². The van der Waals surface area contributed by atoms with Crippen molar-refractivity contribution in [2.45, 2.75) is 50.7 Å². The van der Waals surface area contributed by atoms with Gasteiger partial charge < -0.3 is 9.64 Å². The lowest BCUT2D eigenvalue weighted by molar-refractivity contribution is -0.153. The second kappa shape index (κ2) is 10.1. The molecule has 0 bridgehead atoms. The number of aromatic nitrogens is 1. The molecule has 3 rings (SSSR count). The van der Waals surface area contributed by atoms with E-state index in [9.17, 15) is 22.4 Å². The number of Topliss-reactive ketones (excluding diaryl/α,β-unsaturated/α-hetero) is 1. The monoisotopic (exact) mass is 438 g/mol. The number of pyridine rings is 1. The number of alkyl halides is 4. The quantitative estimate of drug-likeness (QED) is 0.501. The minimum absolute atomic E-state index is 0.0349. The third-order valence-corrected chi connectivity index (χ3v) is 5.43. The van der Waals surface area contributed by atoms with Gasteiger partial charge in [0.2, 0.25) is 0 Å². The van der Waals surface area contributed by atoms with Crippen LogP contribution in [0.2, 0.25) is 0 Å². The number of hydrogen-bond acceptors (Lipinski definition) is 4. The maximum absolute atomic E-state index is 13.1. The largest absolute Gasteiger partial charge is 0.483 e. The summed E-state index contributed by atoms with van der Waals surface area (Å²) >= 11 is 0. The average Bonchev–Trinajstić information content (AvgIpc) is 3.21. The first-order valence-corrected chi connectivity index (χ1v) is 10.3. The molecule has 1 aliphatic heterocycles. The highest BCUT2D eigenvalue weighted by molar-refractivity contribution is 5.81. The maximum Gasteiger partial charge on any atom is 0.422 e. The first kappa shape index (κ1) is 23.0. The van der Waals surface area contributed by atoms with Crippen LogP contribution in [0, 0.1) is 0 Å². The van der Waals surface area contributed by atoms with Crippen LogP contribution in [-0.2, 0) is 11.2 Å². The van der Waals surface area contributed by atoms with Crippen LogP contribution >= 0.6 is 0 Å². The molecule has 4 nitrogen and oxygen atoms in total. The van der Waals surface area contributed by atoms with Crippen LogP contribution in [0.25, 0.3) is 0 Å². The maximum atomic E-state index is 13.1. The highest BCUT2D eigenvalue weighted by Crippen LogP contribution is 2.27. The Morgan fingerprint density at radius 3 is 2.58 bits per heavy atom. The van der Waals surface area contributed by atoms with Crippen LogP contribution in [0.3, 0.4) is 0 Å². The van der Waals surface area contributed by atoms with Gasteiger partial charge in [-0.1, -0.05) is 19.1 Å². The van der Waals surface area contributed by atoms with Gasteiger partial charge >= 0.3 is 6.18 Å². The first-order chi connectivity index (χ1) is 14.7. The van der Waals surface area contributed by atoms with Crippen LogP contribution < -0.4 is 9.64 Å². The summed E-state index contributed by atoms with van der Waals surface area (Å²) in [5.41, 5.74) is 2.48. The molecular formula is C23H26F4N2O2. The molecule has 2 heterocycles. The molecule has 8 heteroatoms. The van der Waals surface area contributed by atoms with Gasteiger partial charge in [0.05, 0.1) is 12.2 Å². The predicted octanol–water partition coefficient (Wildman–Crippen LogP) is 5.27. The van der Waals surface area contributed by atoms with Gasteiger partial charge in [0.25, 0.3) is 0 Å². The van der Waals surface area contributed by atoms with E-state index in [2.05, 4.69) is 14.6 Å². The number of ether oxygens (including phenoxy) is 1. The van der Waals surface area contributed by atoms with Gasteiger partial charge in [-0.05, 0) is 42.7 Å². The number of ketones is 1. The number of halogens is 4. The molecule has 0 saturated carbocycles. The molecule has 0 radical (unpaired) electrons. The first-order valence-electron chi connectivity index (χ1n) is 10.3. The molecule has 168 valence electrons. The zero-order chi connectivity index (χ0) is 22.4. The molecule has 0 aliphatic carbocycles. The van der Waals surface area contributed by atoms with Crippen molar-refractivity contribution in [1.82, 2.24) is 4.98 Å². The molecule has 2 aromatic rings. The Morgan fingerprint density at radius 1 is 1.23 bits per heavy atom. The highest BCUT2D eigenvalue weighted by Gasteiger charge is 2.28. The van der Waals surface area contributed by atoms with E-state index in [0.717, 1.165) is 30.6 Å². The van der Waals surface area contributed by atoms with E-state index in [1.807, 2.05) is 31.2 Å². The Balaban J connectivity index is 1.51. The zero-order valence-electron chi connectivity index (χ0n) is 17.4. The van der Waals surface area contributed by atoms with E-state index < -0.39 is 12.8 Å². The number of nitrogens with zero attached hydrogens (tertiary/aromatic N) is 2. The van der Waals surface area contributed by atoms with E-state index in [1.54, 1.807) is 6.07 Å². The molecule has 0 unspecified atom stereocenters. The number of hydrogen-bond donors (Lipinski definition) is 0. The molecule has 1 fully saturated rings. The van der Waals surface area contributed by atoms with Crippen LogP contribution in [0.5, 0.6) is 5.75 Å².